The summed E-state index contributed by atoms with van der Waals surface area (Å²) in [6, 6.07) is 4.27. The fraction of sp³-hybridized carbons (Fsp3) is 0.250. The molecule has 2 heterocycles. The van der Waals surface area contributed by atoms with E-state index in [2.05, 4.69) is 15.0 Å². The molecule has 1 aromatic heterocycles. The van der Waals surface area contributed by atoms with E-state index >= 15 is 0 Å². The molecular formula is C20H18F2N4O5. The van der Waals surface area contributed by atoms with Gasteiger partial charge in [0.25, 0.3) is 5.91 Å². The zero-order valence-corrected chi connectivity index (χ0v) is 16.3. The molecule has 2 amide bonds. The van der Waals surface area contributed by atoms with Crippen molar-refractivity contribution in [3.8, 4) is 0 Å². The number of aryl methyl sites for hydroxylation is 1. The Kier molecular flexibility index (Phi) is 6.35. The fourth-order valence-corrected chi connectivity index (χ4v) is 3.05. The lowest BCUT2D eigenvalue weighted by Crippen LogP contribution is -2.50. The smallest absolute Gasteiger partial charge is 0.305 e. The second-order valence-corrected chi connectivity index (χ2v) is 6.74. The second kappa shape index (κ2) is 8.96. The Hall–Kier alpha value is -3.73. The van der Waals surface area contributed by atoms with Crippen molar-refractivity contribution in [3.63, 3.8) is 0 Å². The molecule has 0 saturated heterocycles. The highest BCUT2D eigenvalue weighted by atomic mass is 19.1. The molecule has 0 fully saturated rings. The Morgan fingerprint density at radius 3 is 2.74 bits per heavy atom. The minimum Gasteiger partial charge on any atom is -0.469 e. The van der Waals surface area contributed by atoms with Crippen LogP contribution in [0.3, 0.4) is 0 Å². The lowest BCUT2D eigenvalue weighted by atomic mass is 9.90. The van der Waals surface area contributed by atoms with Crippen LogP contribution in [-0.2, 0) is 32.1 Å². The normalized spacial score (nSPS) is 15.5. The van der Waals surface area contributed by atoms with Crippen molar-refractivity contribution in [2.75, 3.05) is 12.2 Å². The standard InChI is InChI=1S/C20H18F2N4O5/c1-31-15(27)5-2-10-6-13-17(23)16(20(29)26(30)18(13)24-8-10)19(28)25-9-11-3-4-12(21)7-14(11)22/h3-4,6-8,16,23,30H,2,5,9H2,1H3,(H,25,28). The van der Waals surface area contributed by atoms with Gasteiger partial charge in [-0.3, -0.25) is 19.6 Å². The number of ether oxygens (including phenoxy) is 1. The maximum Gasteiger partial charge on any atom is 0.305 e. The first-order valence-electron chi connectivity index (χ1n) is 9.12. The van der Waals surface area contributed by atoms with Gasteiger partial charge in [0.05, 0.1) is 12.8 Å². The molecule has 31 heavy (non-hydrogen) atoms. The Bertz CT molecular complexity index is 1080. The number of carbonyl (C=O) groups is 3. The summed E-state index contributed by atoms with van der Waals surface area (Å²) in [6.45, 7) is -0.349. The van der Waals surface area contributed by atoms with Crippen LogP contribution in [0.25, 0.3) is 0 Å². The van der Waals surface area contributed by atoms with Crippen LogP contribution in [0.4, 0.5) is 14.6 Å². The number of fused-ring (bicyclic) bond motifs is 1. The maximum absolute atomic E-state index is 13.8. The number of rotatable bonds is 6. The quantitative estimate of drug-likeness (QED) is 0.360. The van der Waals surface area contributed by atoms with Crippen molar-refractivity contribution in [1.82, 2.24) is 10.3 Å². The van der Waals surface area contributed by atoms with E-state index in [9.17, 15) is 28.4 Å². The number of nitrogens with one attached hydrogen (secondary N) is 2. The molecule has 9 nitrogen and oxygen atoms in total. The zero-order valence-electron chi connectivity index (χ0n) is 16.3. The van der Waals surface area contributed by atoms with Gasteiger partial charge in [0.15, 0.2) is 11.7 Å². The Morgan fingerprint density at radius 2 is 2.06 bits per heavy atom. The second-order valence-electron chi connectivity index (χ2n) is 6.74. The van der Waals surface area contributed by atoms with Crippen molar-refractivity contribution in [3.05, 3.63) is 58.8 Å². The number of amides is 2. The number of benzene rings is 1. The average Bonchev–Trinajstić information content (AvgIpc) is 2.75. The first kappa shape index (κ1) is 22.0. The maximum atomic E-state index is 13.8. The molecule has 0 spiro atoms. The number of aromatic nitrogens is 1. The van der Waals surface area contributed by atoms with Crippen LogP contribution >= 0.6 is 0 Å². The van der Waals surface area contributed by atoms with E-state index in [4.69, 9.17) is 5.41 Å². The van der Waals surface area contributed by atoms with Crippen LogP contribution in [0.1, 0.15) is 23.1 Å². The van der Waals surface area contributed by atoms with Gasteiger partial charge in [-0.1, -0.05) is 6.07 Å². The van der Waals surface area contributed by atoms with E-state index in [0.29, 0.717) is 11.6 Å². The van der Waals surface area contributed by atoms with Gasteiger partial charge in [-0.15, -0.1) is 0 Å². The fourth-order valence-electron chi connectivity index (χ4n) is 3.05. The molecule has 0 saturated carbocycles. The van der Waals surface area contributed by atoms with Gasteiger partial charge in [-0.05, 0) is 24.1 Å². The number of esters is 1. The van der Waals surface area contributed by atoms with E-state index in [1.54, 1.807) is 0 Å². The average molecular weight is 432 g/mol. The third-order valence-corrected chi connectivity index (χ3v) is 4.73. The van der Waals surface area contributed by atoms with Crippen LogP contribution < -0.4 is 10.4 Å². The number of pyridine rings is 1. The molecule has 1 aliphatic rings. The highest BCUT2D eigenvalue weighted by Gasteiger charge is 2.42. The molecule has 3 N–H and O–H groups in total. The van der Waals surface area contributed by atoms with E-state index < -0.39 is 41.0 Å². The van der Waals surface area contributed by atoms with Crippen LogP contribution in [0.2, 0.25) is 0 Å². The summed E-state index contributed by atoms with van der Waals surface area (Å²) in [4.78, 5) is 40.3. The van der Waals surface area contributed by atoms with E-state index in [0.717, 1.165) is 12.1 Å². The number of nitrogens with zero attached hydrogens (tertiary/aromatic N) is 2. The summed E-state index contributed by atoms with van der Waals surface area (Å²) in [5.74, 6) is -6.05. The first-order valence-corrected chi connectivity index (χ1v) is 9.12. The largest absolute Gasteiger partial charge is 0.469 e. The number of carbonyl (C=O) groups excluding carboxylic acids is 3. The molecule has 0 radical (unpaired) electrons. The number of halogens is 2. The minimum absolute atomic E-state index is 0.0162. The van der Waals surface area contributed by atoms with Gasteiger partial charge in [0, 0.05) is 36.4 Å². The van der Waals surface area contributed by atoms with Crippen molar-refractivity contribution in [2.45, 2.75) is 19.4 Å². The van der Waals surface area contributed by atoms with Crippen molar-refractivity contribution in [2.24, 2.45) is 5.92 Å². The van der Waals surface area contributed by atoms with Crippen LogP contribution in [0.5, 0.6) is 0 Å². The summed E-state index contributed by atoms with van der Waals surface area (Å²) in [6.07, 6.45) is 1.63. The van der Waals surface area contributed by atoms with Gasteiger partial charge < -0.3 is 15.5 Å². The predicted octanol–water partition coefficient (Wildman–Crippen LogP) is 1.50. The molecule has 1 unspecified atom stereocenters. The highest BCUT2D eigenvalue weighted by molar-refractivity contribution is 6.30. The van der Waals surface area contributed by atoms with Crippen LogP contribution in [0.15, 0.2) is 30.5 Å². The van der Waals surface area contributed by atoms with Crippen molar-refractivity contribution < 1.29 is 33.1 Å². The molecular weight excluding hydrogens is 414 g/mol. The third-order valence-electron chi connectivity index (χ3n) is 4.73. The highest BCUT2D eigenvalue weighted by Crippen LogP contribution is 2.29. The van der Waals surface area contributed by atoms with Crippen LogP contribution in [0, 0.1) is 23.0 Å². The topological polar surface area (TPSA) is 133 Å². The first-order chi connectivity index (χ1) is 14.7. The molecule has 2 aromatic rings. The molecule has 0 aliphatic carbocycles. The number of hydrogen-bond donors (Lipinski definition) is 3. The van der Waals surface area contributed by atoms with Crippen molar-refractivity contribution in [1.29, 1.82) is 5.41 Å². The predicted molar refractivity (Wildman–Crippen MR) is 102 cm³/mol. The van der Waals surface area contributed by atoms with Crippen LogP contribution in [-0.4, -0.2) is 40.8 Å². The monoisotopic (exact) mass is 432 g/mol. The third kappa shape index (κ3) is 4.56. The number of hydroxylamine groups is 1. The molecule has 1 atom stereocenters. The van der Waals surface area contributed by atoms with E-state index in [1.807, 2.05) is 0 Å². The number of anilines is 1. The summed E-state index contributed by atoms with van der Waals surface area (Å²) >= 11 is 0. The summed E-state index contributed by atoms with van der Waals surface area (Å²) in [5.41, 5.74) is 0.147. The van der Waals surface area contributed by atoms with Gasteiger partial charge in [-0.2, -0.15) is 5.06 Å². The molecule has 0 bridgehead atoms. The van der Waals surface area contributed by atoms with Gasteiger partial charge in [0.1, 0.15) is 11.6 Å². The Labute approximate surface area is 175 Å². The summed E-state index contributed by atoms with van der Waals surface area (Å²) in [5, 5.41) is 21.0. The Balaban J connectivity index is 1.79. The lowest BCUT2D eigenvalue weighted by Gasteiger charge is -2.29. The van der Waals surface area contributed by atoms with E-state index in [-0.39, 0.29) is 41.4 Å². The SMILES string of the molecule is COC(=O)CCc1cnc2c(c1)C(=N)C(C(=O)NCc1ccc(F)cc1F)C(=O)N2O. The summed E-state index contributed by atoms with van der Waals surface area (Å²) < 4.78 is 31.3. The zero-order chi connectivity index (χ0) is 22.7. The van der Waals surface area contributed by atoms with Crippen molar-refractivity contribution >= 4 is 29.3 Å². The van der Waals surface area contributed by atoms with Gasteiger partial charge in [-0.25, -0.2) is 13.8 Å². The molecule has 1 aliphatic heterocycles. The molecule has 1 aromatic carbocycles. The molecule has 3 rings (SSSR count). The van der Waals surface area contributed by atoms with E-state index in [1.165, 1.54) is 19.4 Å². The summed E-state index contributed by atoms with van der Waals surface area (Å²) in [7, 11) is 1.25. The Morgan fingerprint density at radius 1 is 1.32 bits per heavy atom. The minimum atomic E-state index is -1.70. The molecule has 11 heteroatoms. The van der Waals surface area contributed by atoms with Gasteiger partial charge >= 0.3 is 5.97 Å². The number of hydrogen-bond acceptors (Lipinski definition) is 7. The number of methoxy groups -OCH3 is 1. The van der Waals surface area contributed by atoms with Gasteiger partial charge in [0.2, 0.25) is 5.91 Å². The molecule has 162 valence electrons. The lowest BCUT2D eigenvalue weighted by molar-refractivity contribution is -0.140.